The molecule has 3 rings (SSSR count). The van der Waals surface area contributed by atoms with Gasteiger partial charge in [0.15, 0.2) is 0 Å². The summed E-state index contributed by atoms with van der Waals surface area (Å²) in [5.74, 6) is 0.343. The number of likely N-dealkylation sites (N-methyl/N-ethyl adjacent to an activating group) is 1. The Bertz CT molecular complexity index is 1410. The maximum absolute atomic E-state index is 14.1. The van der Waals surface area contributed by atoms with Gasteiger partial charge in [-0.2, -0.15) is 0 Å². The van der Waals surface area contributed by atoms with Crippen molar-refractivity contribution in [2.24, 2.45) is 0 Å². The Labute approximate surface area is 250 Å². The fourth-order valence-electron chi connectivity index (χ4n) is 4.32. The Kier molecular flexibility index (Phi) is 11.6. The summed E-state index contributed by atoms with van der Waals surface area (Å²) in [5.41, 5.74) is 1.03. The number of nitrogens with zero attached hydrogens (tertiary/aromatic N) is 2. The molecule has 0 aliphatic carbocycles. The van der Waals surface area contributed by atoms with E-state index in [0.717, 1.165) is 14.3 Å². The first-order valence-electron chi connectivity index (χ1n) is 13.4. The molecule has 0 saturated heterocycles. The molecule has 0 bridgehead atoms. The predicted molar refractivity (Wildman–Crippen MR) is 163 cm³/mol. The summed E-state index contributed by atoms with van der Waals surface area (Å²) in [6.45, 7) is 5.88. The van der Waals surface area contributed by atoms with Crippen LogP contribution in [0.25, 0.3) is 0 Å². The van der Waals surface area contributed by atoms with E-state index in [1.54, 1.807) is 68.6 Å². The molecule has 0 unspecified atom stereocenters. The highest BCUT2D eigenvalue weighted by atomic mass is 79.9. The van der Waals surface area contributed by atoms with E-state index in [1.165, 1.54) is 17.0 Å². The number of rotatable bonds is 14. The van der Waals surface area contributed by atoms with Crippen molar-refractivity contribution in [2.75, 3.05) is 31.1 Å². The van der Waals surface area contributed by atoms with Gasteiger partial charge < -0.3 is 19.7 Å². The van der Waals surface area contributed by atoms with E-state index in [0.29, 0.717) is 31.1 Å². The van der Waals surface area contributed by atoms with E-state index in [4.69, 9.17) is 9.47 Å². The molecule has 3 aromatic carbocycles. The molecule has 0 aliphatic rings. The lowest BCUT2D eigenvalue weighted by Crippen LogP contribution is -2.52. The normalized spacial score (nSPS) is 11.8. The van der Waals surface area contributed by atoms with E-state index in [2.05, 4.69) is 21.2 Å². The summed E-state index contributed by atoms with van der Waals surface area (Å²) in [6, 6.07) is 19.1. The van der Waals surface area contributed by atoms with Gasteiger partial charge in [0, 0.05) is 17.6 Å². The number of nitrogens with one attached hydrogen (secondary N) is 1. The molecule has 0 radical (unpaired) electrons. The second kappa shape index (κ2) is 14.9. The van der Waals surface area contributed by atoms with Crippen molar-refractivity contribution in [3.05, 3.63) is 82.8 Å². The van der Waals surface area contributed by atoms with Crippen LogP contribution in [-0.2, 0) is 26.2 Å². The summed E-state index contributed by atoms with van der Waals surface area (Å²) >= 11 is 3.34. The van der Waals surface area contributed by atoms with Gasteiger partial charge in [-0.05, 0) is 86.5 Å². The highest BCUT2D eigenvalue weighted by Crippen LogP contribution is 2.28. The van der Waals surface area contributed by atoms with Crippen LogP contribution in [0.1, 0.15) is 32.8 Å². The van der Waals surface area contributed by atoms with Gasteiger partial charge in [0.05, 0.1) is 24.3 Å². The van der Waals surface area contributed by atoms with Crippen LogP contribution < -0.4 is 19.1 Å². The first-order valence-corrected chi connectivity index (χ1v) is 15.6. The summed E-state index contributed by atoms with van der Waals surface area (Å²) in [7, 11) is -2.62. The smallest absolute Gasteiger partial charge is 0.264 e. The van der Waals surface area contributed by atoms with E-state index < -0.39 is 28.5 Å². The lowest BCUT2D eigenvalue weighted by Gasteiger charge is -2.33. The molecule has 0 saturated carbocycles. The number of hydrogen-bond acceptors (Lipinski definition) is 6. The van der Waals surface area contributed by atoms with Gasteiger partial charge in [-0.1, -0.05) is 35.0 Å². The number of amides is 2. The van der Waals surface area contributed by atoms with E-state index in [9.17, 15) is 18.0 Å². The zero-order chi connectivity index (χ0) is 30.0. The standard InChI is InChI=1S/C30H36BrN3O6S/c1-5-28(30(36)32-6-2)33(20-22-9-8-10-26(19-22)39-4)29(35)21-34(24-13-15-25(16-14-24)40-7-3)41(37,38)27-17-11-23(31)12-18-27/h8-19,28H,5-7,20-21H2,1-4H3,(H,32,36)/t28-/m1/s1. The average molecular weight is 647 g/mol. The Morgan fingerprint density at radius 2 is 1.63 bits per heavy atom. The highest BCUT2D eigenvalue weighted by Gasteiger charge is 2.33. The number of ether oxygens (including phenoxy) is 2. The first kappa shape index (κ1) is 32.0. The number of methoxy groups -OCH3 is 1. The Morgan fingerprint density at radius 3 is 2.22 bits per heavy atom. The molecule has 2 amide bonds. The van der Waals surface area contributed by atoms with Gasteiger partial charge in [-0.15, -0.1) is 0 Å². The number of sulfonamides is 1. The van der Waals surface area contributed by atoms with Crippen LogP contribution in [0.5, 0.6) is 11.5 Å². The molecule has 41 heavy (non-hydrogen) atoms. The van der Waals surface area contributed by atoms with Crippen molar-refractivity contribution in [2.45, 2.75) is 44.7 Å². The molecule has 220 valence electrons. The van der Waals surface area contributed by atoms with Crippen molar-refractivity contribution < 1.29 is 27.5 Å². The predicted octanol–water partition coefficient (Wildman–Crippen LogP) is 5.00. The molecule has 1 N–H and O–H groups in total. The minimum absolute atomic E-state index is 0.0255. The fraction of sp³-hybridized carbons (Fsp3) is 0.333. The third kappa shape index (κ3) is 8.23. The summed E-state index contributed by atoms with van der Waals surface area (Å²) in [4.78, 5) is 28.6. The van der Waals surface area contributed by atoms with Crippen molar-refractivity contribution in [1.29, 1.82) is 0 Å². The van der Waals surface area contributed by atoms with Crippen molar-refractivity contribution in [3.63, 3.8) is 0 Å². The second-order valence-electron chi connectivity index (χ2n) is 9.08. The molecule has 0 spiro atoms. The van der Waals surface area contributed by atoms with Crippen LogP contribution in [0.3, 0.4) is 0 Å². The van der Waals surface area contributed by atoms with Crippen molar-refractivity contribution in [3.8, 4) is 11.5 Å². The molecule has 0 aliphatic heterocycles. The quantitative estimate of drug-likeness (QED) is 0.265. The highest BCUT2D eigenvalue weighted by molar-refractivity contribution is 9.10. The molecule has 0 aromatic heterocycles. The van der Waals surface area contributed by atoms with Crippen LogP contribution in [0.15, 0.2) is 82.2 Å². The van der Waals surface area contributed by atoms with E-state index in [-0.39, 0.29) is 23.0 Å². The van der Waals surface area contributed by atoms with Crippen LogP contribution in [0.4, 0.5) is 5.69 Å². The van der Waals surface area contributed by atoms with Crippen LogP contribution >= 0.6 is 15.9 Å². The lowest BCUT2D eigenvalue weighted by molar-refractivity contribution is -0.140. The fourth-order valence-corrected chi connectivity index (χ4v) is 6.00. The minimum Gasteiger partial charge on any atom is -0.497 e. The van der Waals surface area contributed by atoms with Gasteiger partial charge >= 0.3 is 0 Å². The lowest BCUT2D eigenvalue weighted by atomic mass is 10.1. The molecule has 9 nitrogen and oxygen atoms in total. The summed E-state index contributed by atoms with van der Waals surface area (Å²) in [5, 5.41) is 2.80. The number of carbonyl (C=O) groups is 2. The van der Waals surface area contributed by atoms with Gasteiger partial charge in [0.2, 0.25) is 11.8 Å². The zero-order valence-electron chi connectivity index (χ0n) is 23.7. The summed E-state index contributed by atoms with van der Waals surface area (Å²) in [6.07, 6.45) is 0.337. The molecule has 1 atom stereocenters. The van der Waals surface area contributed by atoms with Gasteiger partial charge in [-0.25, -0.2) is 8.42 Å². The third-order valence-corrected chi connectivity index (χ3v) is 8.66. The third-order valence-electron chi connectivity index (χ3n) is 6.34. The maximum atomic E-state index is 14.1. The largest absolute Gasteiger partial charge is 0.497 e. The van der Waals surface area contributed by atoms with Crippen LogP contribution in [0, 0.1) is 0 Å². The Morgan fingerprint density at radius 1 is 0.951 bits per heavy atom. The molecule has 11 heteroatoms. The number of hydrogen-bond donors (Lipinski definition) is 1. The Hall–Kier alpha value is -3.57. The van der Waals surface area contributed by atoms with E-state index in [1.807, 2.05) is 19.9 Å². The zero-order valence-corrected chi connectivity index (χ0v) is 26.1. The molecule has 0 fully saturated rings. The van der Waals surface area contributed by atoms with E-state index >= 15 is 0 Å². The number of anilines is 1. The van der Waals surface area contributed by atoms with Crippen molar-refractivity contribution in [1.82, 2.24) is 10.2 Å². The van der Waals surface area contributed by atoms with Crippen LogP contribution in [-0.4, -0.2) is 58.0 Å². The molecule has 0 heterocycles. The SMILES string of the molecule is CCNC(=O)[C@@H](CC)N(Cc1cccc(OC)c1)C(=O)CN(c1ccc(OCC)cc1)S(=O)(=O)c1ccc(Br)cc1. The number of halogens is 1. The second-order valence-corrected chi connectivity index (χ2v) is 11.9. The Balaban J connectivity index is 2.06. The molecular weight excluding hydrogens is 610 g/mol. The monoisotopic (exact) mass is 645 g/mol. The van der Waals surface area contributed by atoms with Gasteiger partial charge in [0.1, 0.15) is 24.1 Å². The number of benzene rings is 3. The molecular formula is C30H36BrN3O6S. The summed E-state index contributed by atoms with van der Waals surface area (Å²) < 4.78 is 40.5. The molecule has 3 aromatic rings. The van der Waals surface area contributed by atoms with Crippen LogP contribution in [0.2, 0.25) is 0 Å². The minimum atomic E-state index is -4.17. The van der Waals surface area contributed by atoms with Crippen molar-refractivity contribution >= 4 is 43.5 Å². The van der Waals surface area contributed by atoms with Gasteiger partial charge in [0.25, 0.3) is 10.0 Å². The average Bonchev–Trinajstić information content (AvgIpc) is 2.96. The first-order chi connectivity index (χ1) is 19.6. The number of carbonyl (C=O) groups excluding carboxylic acids is 2. The topological polar surface area (TPSA) is 105 Å². The maximum Gasteiger partial charge on any atom is 0.264 e. The van der Waals surface area contributed by atoms with Gasteiger partial charge in [-0.3, -0.25) is 13.9 Å².